The Morgan fingerprint density at radius 1 is 1.12 bits per heavy atom. The average Bonchev–Trinajstić information content (AvgIpc) is 2.38. The molecule has 0 saturated heterocycles. The first-order chi connectivity index (χ1) is 8.22. The van der Waals surface area contributed by atoms with Crippen LogP contribution in [0, 0.1) is 5.92 Å². The lowest BCUT2D eigenvalue weighted by Crippen LogP contribution is -2.12. The smallest absolute Gasteiger partial charge is 0.165 e. The Balaban J connectivity index is 2.69. The van der Waals surface area contributed by atoms with Crippen molar-refractivity contribution in [3.8, 4) is 5.75 Å². The van der Waals surface area contributed by atoms with E-state index in [0.717, 1.165) is 37.2 Å². The van der Waals surface area contributed by atoms with Gasteiger partial charge < -0.3 is 4.74 Å². The van der Waals surface area contributed by atoms with Crippen molar-refractivity contribution < 1.29 is 9.53 Å². The van der Waals surface area contributed by atoms with E-state index in [4.69, 9.17) is 4.74 Å². The van der Waals surface area contributed by atoms with Gasteiger partial charge >= 0.3 is 0 Å². The lowest BCUT2D eigenvalue weighted by atomic mass is 9.93. The van der Waals surface area contributed by atoms with E-state index in [0.29, 0.717) is 0 Å². The number of benzene rings is 1. The van der Waals surface area contributed by atoms with Crippen LogP contribution in [0.1, 0.15) is 50.4 Å². The third-order valence-electron chi connectivity index (χ3n) is 2.97. The molecule has 0 aliphatic rings. The molecule has 0 fully saturated rings. The summed E-state index contributed by atoms with van der Waals surface area (Å²) in [6, 6.07) is 7.49. The molecule has 0 bridgehead atoms. The van der Waals surface area contributed by atoms with Gasteiger partial charge in [-0.3, -0.25) is 4.79 Å². The van der Waals surface area contributed by atoms with Crippen LogP contribution in [-0.2, 0) is 0 Å². The zero-order valence-electron chi connectivity index (χ0n) is 11.0. The normalized spacial score (nSPS) is 10.6. The number of carbonyl (C=O) groups is 1. The largest absolute Gasteiger partial charge is 0.494 e. The first kappa shape index (κ1) is 13.8. The molecular formula is C15H22O2. The van der Waals surface area contributed by atoms with Crippen molar-refractivity contribution in [2.75, 3.05) is 6.61 Å². The minimum Gasteiger partial charge on any atom is -0.494 e. The molecule has 0 aliphatic heterocycles. The van der Waals surface area contributed by atoms with Gasteiger partial charge in [0.05, 0.1) is 6.61 Å². The molecule has 0 unspecified atom stereocenters. The van der Waals surface area contributed by atoms with E-state index in [-0.39, 0.29) is 11.7 Å². The van der Waals surface area contributed by atoms with Crippen LogP contribution in [0.15, 0.2) is 24.3 Å². The van der Waals surface area contributed by atoms with Gasteiger partial charge in [-0.15, -0.1) is 0 Å². The molecule has 0 aromatic heterocycles. The second-order valence-corrected chi connectivity index (χ2v) is 4.25. The van der Waals surface area contributed by atoms with Gasteiger partial charge in [-0.25, -0.2) is 0 Å². The maximum atomic E-state index is 12.1. The number of Topliss-reactive ketones (excluding diaryl/α,β-unsaturated/α-hetero) is 1. The fraction of sp³-hybridized carbons (Fsp3) is 0.533. The Hall–Kier alpha value is -1.31. The number of hydrogen-bond acceptors (Lipinski definition) is 2. The molecule has 2 heteroatoms. The summed E-state index contributed by atoms with van der Waals surface area (Å²) in [5, 5.41) is 0. The van der Waals surface area contributed by atoms with Crippen molar-refractivity contribution in [1.29, 1.82) is 0 Å². The highest BCUT2D eigenvalue weighted by Gasteiger charge is 2.15. The predicted molar refractivity (Wildman–Crippen MR) is 70.6 cm³/mol. The minimum absolute atomic E-state index is 0.150. The molecule has 0 spiro atoms. The van der Waals surface area contributed by atoms with E-state index in [9.17, 15) is 4.79 Å². The zero-order chi connectivity index (χ0) is 12.7. The predicted octanol–water partition coefficient (Wildman–Crippen LogP) is 4.09. The van der Waals surface area contributed by atoms with E-state index in [1.165, 1.54) is 0 Å². The summed E-state index contributed by atoms with van der Waals surface area (Å²) in [6.07, 6.45) is 2.81. The van der Waals surface area contributed by atoms with Gasteiger partial charge in [0.25, 0.3) is 0 Å². The Labute approximate surface area is 104 Å². The second kappa shape index (κ2) is 7.10. The van der Waals surface area contributed by atoms with Crippen molar-refractivity contribution in [3.05, 3.63) is 29.8 Å². The average molecular weight is 234 g/mol. The lowest BCUT2D eigenvalue weighted by molar-refractivity contribution is 0.0913. The van der Waals surface area contributed by atoms with Crippen molar-refractivity contribution in [2.45, 2.75) is 40.0 Å². The molecule has 0 atom stereocenters. The summed E-state index contributed by atoms with van der Waals surface area (Å²) in [6.45, 7) is 6.92. The second-order valence-electron chi connectivity index (χ2n) is 4.25. The Morgan fingerprint density at radius 2 is 1.71 bits per heavy atom. The molecule has 17 heavy (non-hydrogen) atoms. The third kappa shape index (κ3) is 3.88. The summed E-state index contributed by atoms with van der Waals surface area (Å²) in [7, 11) is 0. The van der Waals surface area contributed by atoms with Gasteiger partial charge in [-0.05, 0) is 43.5 Å². The summed E-state index contributed by atoms with van der Waals surface area (Å²) in [5.74, 6) is 1.24. The van der Waals surface area contributed by atoms with Crippen LogP contribution in [0.3, 0.4) is 0 Å². The first-order valence-electron chi connectivity index (χ1n) is 6.49. The number of rotatable bonds is 7. The molecule has 0 saturated carbocycles. The highest BCUT2D eigenvalue weighted by Crippen LogP contribution is 2.18. The number of ether oxygens (including phenoxy) is 1. The van der Waals surface area contributed by atoms with Gasteiger partial charge in [0, 0.05) is 11.5 Å². The van der Waals surface area contributed by atoms with Crippen LogP contribution in [0.2, 0.25) is 0 Å². The fourth-order valence-corrected chi connectivity index (χ4v) is 1.83. The molecule has 0 amide bonds. The highest BCUT2D eigenvalue weighted by atomic mass is 16.5. The van der Waals surface area contributed by atoms with E-state index >= 15 is 0 Å². The van der Waals surface area contributed by atoms with Crippen LogP contribution >= 0.6 is 0 Å². The van der Waals surface area contributed by atoms with Gasteiger partial charge in [0.2, 0.25) is 0 Å². The number of ketones is 1. The molecular weight excluding hydrogens is 212 g/mol. The highest BCUT2D eigenvalue weighted by molar-refractivity contribution is 5.97. The van der Waals surface area contributed by atoms with Gasteiger partial charge in [-0.1, -0.05) is 20.8 Å². The molecule has 0 aliphatic carbocycles. The maximum Gasteiger partial charge on any atom is 0.165 e. The Morgan fingerprint density at radius 3 is 2.18 bits per heavy atom. The van der Waals surface area contributed by atoms with Crippen molar-refractivity contribution in [3.63, 3.8) is 0 Å². The lowest BCUT2D eigenvalue weighted by Gasteiger charge is -2.11. The summed E-state index contributed by atoms with van der Waals surface area (Å²) in [5.41, 5.74) is 0.794. The van der Waals surface area contributed by atoms with Crippen LogP contribution in [0.5, 0.6) is 5.75 Å². The van der Waals surface area contributed by atoms with E-state index in [1.807, 2.05) is 24.3 Å². The molecule has 1 aromatic rings. The zero-order valence-corrected chi connectivity index (χ0v) is 11.0. The van der Waals surface area contributed by atoms with Crippen molar-refractivity contribution in [2.24, 2.45) is 5.92 Å². The molecule has 0 heterocycles. The monoisotopic (exact) mass is 234 g/mol. The Bertz CT molecular complexity index is 336. The van der Waals surface area contributed by atoms with Crippen LogP contribution < -0.4 is 4.74 Å². The molecule has 2 nitrogen and oxygen atoms in total. The number of hydrogen-bond donors (Lipinski definition) is 0. The summed E-state index contributed by atoms with van der Waals surface area (Å²) >= 11 is 0. The van der Waals surface area contributed by atoms with Crippen LogP contribution in [0.4, 0.5) is 0 Å². The summed E-state index contributed by atoms with van der Waals surface area (Å²) < 4.78 is 5.49. The molecule has 1 rings (SSSR count). The van der Waals surface area contributed by atoms with E-state index < -0.39 is 0 Å². The van der Waals surface area contributed by atoms with Crippen molar-refractivity contribution in [1.82, 2.24) is 0 Å². The SMILES string of the molecule is CCCOc1ccc(C(=O)C(CC)CC)cc1. The summed E-state index contributed by atoms with van der Waals surface area (Å²) in [4.78, 5) is 12.1. The quantitative estimate of drug-likeness (QED) is 0.664. The molecule has 0 N–H and O–H groups in total. The van der Waals surface area contributed by atoms with E-state index in [2.05, 4.69) is 20.8 Å². The van der Waals surface area contributed by atoms with Crippen LogP contribution in [0.25, 0.3) is 0 Å². The van der Waals surface area contributed by atoms with Crippen molar-refractivity contribution >= 4 is 5.78 Å². The molecule has 0 radical (unpaired) electrons. The Kier molecular flexibility index (Phi) is 5.75. The molecule has 1 aromatic carbocycles. The van der Waals surface area contributed by atoms with E-state index in [1.54, 1.807) is 0 Å². The third-order valence-corrected chi connectivity index (χ3v) is 2.97. The topological polar surface area (TPSA) is 26.3 Å². The van der Waals surface area contributed by atoms with Gasteiger partial charge in [0.15, 0.2) is 5.78 Å². The fourth-order valence-electron chi connectivity index (χ4n) is 1.83. The number of carbonyl (C=O) groups excluding carboxylic acids is 1. The van der Waals surface area contributed by atoms with Crippen LogP contribution in [-0.4, -0.2) is 12.4 Å². The molecule has 94 valence electrons. The standard InChI is InChI=1S/C15H22O2/c1-4-11-17-14-9-7-13(8-10-14)15(16)12(5-2)6-3/h7-10,12H,4-6,11H2,1-3H3. The minimum atomic E-state index is 0.150. The first-order valence-corrected chi connectivity index (χ1v) is 6.49. The maximum absolute atomic E-state index is 12.1. The van der Waals surface area contributed by atoms with Gasteiger partial charge in [0.1, 0.15) is 5.75 Å². The van der Waals surface area contributed by atoms with Gasteiger partial charge in [-0.2, -0.15) is 0 Å².